The highest BCUT2D eigenvalue weighted by atomic mass is 16.5. The number of hydrogen-bond donors (Lipinski definition) is 2. The molecule has 0 saturated heterocycles. The monoisotopic (exact) mass is 378 g/mol. The quantitative estimate of drug-likeness (QED) is 0.696. The predicted molar refractivity (Wildman–Crippen MR) is 100 cm³/mol. The summed E-state index contributed by atoms with van der Waals surface area (Å²) in [6.45, 7) is 1.83. The Bertz CT molecular complexity index is 997. The first kappa shape index (κ1) is 17.8. The second-order valence-corrected chi connectivity index (χ2v) is 6.57. The molecule has 0 saturated carbocycles. The molecule has 3 aromatic rings. The fourth-order valence-corrected chi connectivity index (χ4v) is 3.46. The lowest BCUT2D eigenvalue weighted by molar-refractivity contribution is 0.0690. The third-order valence-corrected chi connectivity index (χ3v) is 4.79. The summed E-state index contributed by atoms with van der Waals surface area (Å²) in [5.74, 6) is -1.12. The molecule has 0 unspecified atom stereocenters. The average Bonchev–Trinajstić information content (AvgIpc) is 3.30. The summed E-state index contributed by atoms with van der Waals surface area (Å²) in [6, 6.07) is 15.5. The number of benzene rings is 2. The molecule has 1 amide bonds. The molecule has 1 aliphatic rings. The van der Waals surface area contributed by atoms with Crippen LogP contribution in [0, 0.1) is 0 Å². The minimum absolute atomic E-state index is 0.0335. The summed E-state index contributed by atoms with van der Waals surface area (Å²) >= 11 is 0. The number of aromatic carboxylic acids is 1. The van der Waals surface area contributed by atoms with Crippen molar-refractivity contribution < 1.29 is 23.8 Å². The van der Waals surface area contributed by atoms with Crippen LogP contribution in [0.3, 0.4) is 0 Å². The molecule has 1 aliphatic carbocycles. The highest BCUT2D eigenvalue weighted by Crippen LogP contribution is 2.44. The van der Waals surface area contributed by atoms with Crippen LogP contribution in [0.2, 0.25) is 0 Å². The largest absolute Gasteiger partial charge is 0.476 e. The zero-order chi connectivity index (χ0) is 19.7. The fourth-order valence-electron chi connectivity index (χ4n) is 3.46. The third kappa shape index (κ3) is 3.22. The Morgan fingerprint density at radius 2 is 1.75 bits per heavy atom. The number of alkyl carbamates (subject to hydrolysis) is 1. The summed E-state index contributed by atoms with van der Waals surface area (Å²) in [7, 11) is 0. The van der Waals surface area contributed by atoms with Crippen molar-refractivity contribution in [2.45, 2.75) is 18.9 Å². The standard InChI is InChI=1S/C21H18N2O5/c1-12(19-23-18(11-27-19)20(24)25)22-21(26)28-10-17-15-8-4-2-6-13(15)14-7-3-5-9-16(14)17/h2-9,11-12,17H,10H2,1H3,(H,22,26)(H,24,25)/t12-/m0/s1. The summed E-state index contributed by atoms with van der Waals surface area (Å²) in [5, 5.41) is 11.5. The van der Waals surface area contributed by atoms with Crippen LogP contribution in [0.25, 0.3) is 11.1 Å². The number of amides is 1. The number of aromatic nitrogens is 1. The average molecular weight is 378 g/mol. The van der Waals surface area contributed by atoms with Gasteiger partial charge in [-0.05, 0) is 29.2 Å². The molecule has 142 valence electrons. The number of nitrogens with one attached hydrogen (secondary N) is 1. The number of fused-ring (bicyclic) bond motifs is 3. The van der Waals surface area contributed by atoms with E-state index in [2.05, 4.69) is 22.4 Å². The lowest BCUT2D eigenvalue weighted by Gasteiger charge is -2.16. The second kappa shape index (κ2) is 7.19. The minimum atomic E-state index is -1.19. The molecule has 1 heterocycles. The Morgan fingerprint density at radius 1 is 1.14 bits per heavy atom. The van der Waals surface area contributed by atoms with E-state index in [0.29, 0.717) is 0 Å². The third-order valence-electron chi connectivity index (χ3n) is 4.79. The van der Waals surface area contributed by atoms with E-state index in [-0.39, 0.29) is 24.1 Å². The Hall–Kier alpha value is -3.61. The van der Waals surface area contributed by atoms with Crippen molar-refractivity contribution in [1.29, 1.82) is 0 Å². The van der Waals surface area contributed by atoms with E-state index in [9.17, 15) is 9.59 Å². The molecular formula is C21H18N2O5. The molecule has 0 radical (unpaired) electrons. The first-order valence-electron chi connectivity index (χ1n) is 8.85. The summed E-state index contributed by atoms with van der Waals surface area (Å²) in [6.07, 6.45) is 0.414. The molecule has 1 atom stereocenters. The molecule has 2 N–H and O–H groups in total. The number of carbonyl (C=O) groups is 2. The maximum atomic E-state index is 12.2. The predicted octanol–water partition coefficient (Wildman–Crippen LogP) is 3.97. The molecular weight excluding hydrogens is 360 g/mol. The Morgan fingerprint density at radius 3 is 2.32 bits per heavy atom. The van der Waals surface area contributed by atoms with Gasteiger partial charge < -0.3 is 19.6 Å². The zero-order valence-electron chi connectivity index (χ0n) is 15.1. The molecule has 0 spiro atoms. The minimum Gasteiger partial charge on any atom is -0.476 e. The van der Waals surface area contributed by atoms with Gasteiger partial charge >= 0.3 is 12.1 Å². The van der Waals surface area contributed by atoms with Crippen LogP contribution < -0.4 is 5.32 Å². The van der Waals surface area contributed by atoms with E-state index in [1.165, 1.54) is 0 Å². The molecule has 4 rings (SSSR count). The van der Waals surface area contributed by atoms with Crippen molar-refractivity contribution in [2.75, 3.05) is 6.61 Å². The van der Waals surface area contributed by atoms with Crippen molar-refractivity contribution in [1.82, 2.24) is 10.3 Å². The lowest BCUT2D eigenvalue weighted by Crippen LogP contribution is -2.29. The van der Waals surface area contributed by atoms with Gasteiger partial charge in [-0.25, -0.2) is 14.6 Å². The van der Waals surface area contributed by atoms with Crippen molar-refractivity contribution in [3.8, 4) is 11.1 Å². The van der Waals surface area contributed by atoms with Crippen LogP contribution in [0.5, 0.6) is 0 Å². The van der Waals surface area contributed by atoms with E-state index in [4.69, 9.17) is 14.3 Å². The van der Waals surface area contributed by atoms with Gasteiger partial charge in [0.05, 0.1) is 0 Å². The molecule has 0 fully saturated rings. The highest BCUT2D eigenvalue weighted by Gasteiger charge is 2.29. The summed E-state index contributed by atoms with van der Waals surface area (Å²) < 4.78 is 10.5. The van der Waals surface area contributed by atoms with E-state index in [1.807, 2.05) is 36.4 Å². The molecule has 0 bridgehead atoms. The van der Waals surface area contributed by atoms with Crippen molar-refractivity contribution >= 4 is 12.1 Å². The van der Waals surface area contributed by atoms with Crippen molar-refractivity contribution in [2.24, 2.45) is 0 Å². The molecule has 7 heteroatoms. The van der Waals surface area contributed by atoms with Gasteiger partial charge in [0, 0.05) is 5.92 Å². The smallest absolute Gasteiger partial charge is 0.407 e. The molecule has 1 aromatic heterocycles. The number of carboxylic acids is 1. The van der Waals surface area contributed by atoms with Gasteiger partial charge in [0.1, 0.15) is 18.9 Å². The van der Waals surface area contributed by atoms with Gasteiger partial charge in [-0.3, -0.25) is 0 Å². The summed E-state index contributed by atoms with van der Waals surface area (Å²) in [4.78, 5) is 26.9. The highest BCUT2D eigenvalue weighted by molar-refractivity contribution is 5.84. The number of ether oxygens (including phenoxy) is 1. The Kier molecular flexibility index (Phi) is 4.57. The number of carbonyl (C=O) groups excluding carboxylic acids is 1. The van der Waals surface area contributed by atoms with Gasteiger partial charge in [0.2, 0.25) is 5.89 Å². The Labute approximate surface area is 161 Å². The number of nitrogens with zero attached hydrogens (tertiary/aromatic N) is 1. The molecule has 28 heavy (non-hydrogen) atoms. The van der Waals surface area contributed by atoms with Crippen LogP contribution in [0.4, 0.5) is 4.79 Å². The van der Waals surface area contributed by atoms with Crippen LogP contribution in [-0.2, 0) is 4.74 Å². The maximum Gasteiger partial charge on any atom is 0.407 e. The molecule has 7 nitrogen and oxygen atoms in total. The van der Waals surface area contributed by atoms with Crippen LogP contribution in [0.1, 0.15) is 46.4 Å². The van der Waals surface area contributed by atoms with Gasteiger partial charge in [-0.2, -0.15) is 0 Å². The van der Waals surface area contributed by atoms with Crippen LogP contribution >= 0.6 is 0 Å². The maximum absolute atomic E-state index is 12.2. The normalized spacial score (nSPS) is 13.5. The zero-order valence-corrected chi connectivity index (χ0v) is 15.1. The van der Waals surface area contributed by atoms with Crippen molar-refractivity contribution in [3.63, 3.8) is 0 Å². The number of hydrogen-bond acceptors (Lipinski definition) is 5. The fraction of sp³-hybridized carbons (Fsp3) is 0.190. The van der Waals surface area contributed by atoms with E-state index in [0.717, 1.165) is 28.5 Å². The molecule has 2 aromatic carbocycles. The van der Waals surface area contributed by atoms with Crippen LogP contribution in [0.15, 0.2) is 59.2 Å². The first-order chi connectivity index (χ1) is 13.5. The second-order valence-electron chi connectivity index (χ2n) is 6.57. The number of carboxylic acid groups (broad SMARTS) is 1. The lowest BCUT2D eigenvalue weighted by atomic mass is 9.98. The molecule has 0 aliphatic heterocycles. The number of oxazole rings is 1. The first-order valence-corrected chi connectivity index (χ1v) is 8.85. The van der Waals surface area contributed by atoms with E-state index < -0.39 is 18.1 Å². The van der Waals surface area contributed by atoms with Crippen molar-refractivity contribution in [3.05, 3.63) is 77.5 Å². The van der Waals surface area contributed by atoms with Gasteiger partial charge in [0.15, 0.2) is 5.69 Å². The van der Waals surface area contributed by atoms with Gasteiger partial charge in [-0.1, -0.05) is 48.5 Å². The van der Waals surface area contributed by atoms with Gasteiger partial charge in [-0.15, -0.1) is 0 Å². The van der Waals surface area contributed by atoms with Gasteiger partial charge in [0.25, 0.3) is 0 Å². The SMILES string of the molecule is C[C@H](NC(=O)OCC1c2ccccc2-c2ccccc21)c1nc(C(=O)O)co1. The summed E-state index contributed by atoms with van der Waals surface area (Å²) in [5.41, 5.74) is 4.35. The van der Waals surface area contributed by atoms with Crippen LogP contribution in [-0.4, -0.2) is 28.8 Å². The topological polar surface area (TPSA) is 102 Å². The number of rotatable bonds is 5. The Balaban J connectivity index is 1.43. The van der Waals surface area contributed by atoms with E-state index >= 15 is 0 Å². The van der Waals surface area contributed by atoms with E-state index in [1.54, 1.807) is 6.92 Å².